The molecule has 0 heterocycles. The van der Waals surface area contributed by atoms with Gasteiger partial charge in [0.25, 0.3) is 0 Å². The van der Waals surface area contributed by atoms with Crippen molar-refractivity contribution in [1.29, 1.82) is 0 Å². The lowest BCUT2D eigenvalue weighted by atomic mass is 10.3. The molecule has 0 aliphatic heterocycles. The fourth-order valence-corrected chi connectivity index (χ4v) is 1.83. The maximum atomic E-state index is 11.6. The molecule has 0 atom stereocenters. The molecule has 0 unspecified atom stereocenters. The lowest BCUT2D eigenvalue weighted by molar-refractivity contribution is -0.152. The zero-order chi connectivity index (χ0) is 18.5. The highest BCUT2D eigenvalue weighted by atomic mass is 35.5. The molecule has 0 saturated carbocycles. The first kappa shape index (κ1) is 20.8. The van der Waals surface area contributed by atoms with Crippen LogP contribution in [-0.4, -0.2) is 31.4 Å². The second-order valence-corrected chi connectivity index (χ2v) is 5.56. The van der Waals surface area contributed by atoms with Gasteiger partial charge in [0, 0.05) is 24.4 Å². The molecule has 0 aliphatic carbocycles. The van der Waals surface area contributed by atoms with Crippen molar-refractivity contribution < 1.29 is 28.6 Å². The summed E-state index contributed by atoms with van der Waals surface area (Å²) in [5, 5.41) is 3.00. The van der Waals surface area contributed by atoms with Crippen LogP contribution in [0.1, 0.15) is 39.0 Å². The van der Waals surface area contributed by atoms with Crippen molar-refractivity contribution in [1.82, 2.24) is 5.32 Å². The lowest BCUT2D eigenvalue weighted by Crippen LogP contribution is -2.27. The molecule has 0 spiro atoms. The largest absolute Gasteiger partial charge is 0.428 e. The van der Waals surface area contributed by atoms with Gasteiger partial charge in [-0.25, -0.2) is 4.79 Å². The third-order valence-electron chi connectivity index (χ3n) is 3.02. The summed E-state index contributed by atoms with van der Waals surface area (Å²) in [6.45, 7) is 1.77. The van der Waals surface area contributed by atoms with Crippen molar-refractivity contribution in [3.05, 3.63) is 29.3 Å². The lowest BCUT2D eigenvalue weighted by Gasteiger charge is -2.08. The minimum Gasteiger partial charge on any atom is -0.428 e. The fraction of sp³-hybridized carbons (Fsp3) is 0.471. The number of hydrogen-bond acceptors (Lipinski definition) is 6. The van der Waals surface area contributed by atoms with Gasteiger partial charge < -0.3 is 19.5 Å². The molecule has 1 amide bonds. The van der Waals surface area contributed by atoms with E-state index in [9.17, 15) is 14.4 Å². The molecular weight excluding hydrogens is 350 g/mol. The summed E-state index contributed by atoms with van der Waals surface area (Å²) in [7, 11) is 0. The highest BCUT2D eigenvalue weighted by Crippen LogP contribution is 2.16. The molecule has 0 saturated heterocycles. The molecule has 1 aromatic carbocycles. The average molecular weight is 372 g/mol. The van der Waals surface area contributed by atoms with Crippen molar-refractivity contribution in [2.45, 2.75) is 39.0 Å². The number of carbonyl (C=O) groups is 3. The molecular formula is C17H22ClNO6. The highest BCUT2D eigenvalue weighted by molar-refractivity contribution is 6.30. The molecule has 138 valence electrons. The van der Waals surface area contributed by atoms with Crippen LogP contribution < -0.4 is 10.1 Å². The van der Waals surface area contributed by atoms with Crippen LogP contribution in [0.5, 0.6) is 5.75 Å². The van der Waals surface area contributed by atoms with Gasteiger partial charge in [-0.05, 0) is 37.1 Å². The van der Waals surface area contributed by atoms with Crippen LogP contribution in [0.15, 0.2) is 24.3 Å². The molecule has 0 aliphatic rings. The summed E-state index contributed by atoms with van der Waals surface area (Å²) in [4.78, 5) is 34.2. The smallest absolute Gasteiger partial charge is 0.410 e. The Labute approximate surface area is 151 Å². The highest BCUT2D eigenvalue weighted by Gasteiger charge is 2.07. The second-order valence-electron chi connectivity index (χ2n) is 5.13. The van der Waals surface area contributed by atoms with Crippen LogP contribution in [-0.2, 0) is 19.1 Å². The van der Waals surface area contributed by atoms with Gasteiger partial charge in [0.1, 0.15) is 5.75 Å². The summed E-state index contributed by atoms with van der Waals surface area (Å²) >= 11 is 5.74. The quantitative estimate of drug-likeness (QED) is 0.293. The van der Waals surface area contributed by atoms with Crippen LogP contribution in [0.2, 0.25) is 5.02 Å². The predicted octanol–water partition coefficient (Wildman–Crippen LogP) is 3.44. The Hall–Kier alpha value is -2.28. The summed E-state index contributed by atoms with van der Waals surface area (Å²) in [6, 6.07) is 6.43. The molecule has 1 aromatic rings. The Kier molecular flexibility index (Phi) is 10.1. The topological polar surface area (TPSA) is 90.9 Å². The van der Waals surface area contributed by atoms with Gasteiger partial charge >= 0.3 is 18.0 Å². The number of nitrogens with one attached hydrogen (secondary N) is 1. The zero-order valence-corrected chi connectivity index (χ0v) is 14.8. The van der Waals surface area contributed by atoms with Crippen LogP contribution in [0.3, 0.4) is 0 Å². The first-order chi connectivity index (χ1) is 12.0. The number of carbonyl (C=O) groups excluding carboxylic acids is 3. The van der Waals surface area contributed by atoms with E-state index in [1.807, 2.05) is 6.92 Å². The van der Waals surface area contributed by atoms with Gasteiger partial charge in [-0.15, -0.1) is 0 Å². The van der Waals surface area contributed by atoms with Crippen LogP contribution in [0, 0.1) is 0 Å². The van der Waals surface area contributed by atoms with Crippen LogP contribution >= 0.6 is 11.6 Å². The van der Waals surface area contributed by atoms with E-state index in [0.717, 1.165) is 12.8 Å². The first-order valence-electron chi connectivity index (χ1n) is 8.03. The van der Waals surface area contributed by atoms with E-state index in [2.05, 4.69) is 10.1 Å². The van der Waals surface area contributed by atoms with Crippen molar-refractivity contribution in [2.75, 3.05) is 13.3 Å². The summed E-state index contributed by atoms with van der Waals surface area (Å²) in [6.07, 6.45) is 1.73. The van der Waals surface area contributed by atoms with E-state index in [1.165, 1.54) is 0 Å². The minimum atomic E-state index is -0.714. The number of alkyl carbamates (subject to hydrolysis) is 1. The molecule has 0 fully saturated rings. The van der Waals surface area contributed by atoms with E-state index in [1.54, 1.807) is 24.3 Å². The third-order valence-corrected chi connectivity index (χ3v) is 3.27. The molecule has 25 heavy (non-hydrogen) atoms. The fourth-order valence-electron chi connectivity index (χ4n) is 1.70. The van der Waals surface area contributed by atoms with E-state index in [-0.39, 0.29) is 13.0 Å². The van der Waals surface area contributed by atoms with E-state index in [0.29, 0.717) is 23.6 Å². The summed E-state index contributed by atoms with van der Waals surface area (Å²) in [5.41, 5.74) is 0. The summed E-state index contributed by atoms with van der Waals surface area (Å²) in [5.74, 6) is -0.409. The summed E-state index contributed by atoms with van der Waals surface area (Å²) < 4.78 is 14.5. The van der Waals surface area contributed by atoms with Gasteiger partial charge in [0.2, 0.25) is 6.79 Å². The Morgan fingerprint density at radius 3 is 2.36 bits per heavy atom. The number of unbranched alkanes of at least 4 members (excludes halogenated alkanes) is 1. The molecule has 7 nitrogen and oxygen atoms in total. The number of ether oxygens (including phenoxy) is 3. The molecule has 8 heteroatoms. The number of halogens is 1. The van der Waals surface area contributed by atoms with Crippen LogP contribution in [0.4, 0.5) is 4.79 Å². The van der Waals surface area contributed by atoms with Gasteiger partial charge in [-0.1, -0.05) is 24.9 Å². The van der Waals surface area contributed by atoms with Crippen molar-refractivity contribution >= 4 is 29.6 Å². The first-order valence-corrected chi connectivity index (χ1v) is 8.41. The van der Waals surface area contributed by atoms with Crippen molar-refractivity contribution in [3.8, 4) is 5.75 Å². The Morgan fingerprint density at radius 2 is 1.68 bits per heavy atom. The number of esters is 2. The second kappa shape index (κ2) is 12.1. The number of amides is 1. The maximum Gasteiger partial charge on any atom is 0.410 e. The molecule has 1 N–H and O–H groups in total. The van der Waals surface area contributed by atoms with Gasteiger partial charge in [0.15, 0.2) is 0 Å². The number of hydrogen-bond donors (Lipinski definition) is 1. The van der Waals surface area contributed by atoms with E-state index >= 15 is 0 Å². The van der Waals surface area contributed by atoms with E-state index in [4.69, 9.17) is 21.1 Å². The van der Waals surface area contributed by atoms with Gasteiger partial charge in [-0.3, -0.25) is 9.59 Å². The van der Waals surface area contributed by atoms with Gasteiger partial charge in [-0.2, -0.15) is 0 Å². The Bertz CT molecular complexity index is 561. The van der Waals surface area contributed by atoms with Crippen molar-refractivity contribution in [3.63, 3.8) is 0 Å². The number of rotatable bonds is 10. The predicted molar refractivity (Wildman–Crippen MR) is 91.3 cm³/mol. The monoisotopic (exact) mass is 371 g/mol. The van der Waals surface area contributed by atoms with Crippen molar-refractivity contribution in [2.24, 2.45) is 0 Å². The Morgan fingerprint density at radius 1 is 1.00 bits per heavy atom. The SMILES string of the molecule is CCCCC(=O)OCOC(=O)NCCCC(=O)Oc1ccc(Cl)cc1. The standard InChI is InChI=1S/C17H22ClNO6/c1-2-3-5-15(20)23-12-24-17(22)19-11-4-6-16(21)25-14-9-7-13(18)8-10-14/h7-10H,2-6,11-12H2,1H3,(H,19,22). The van der Waals surface area contributed by atoms with Crippen LogP contribution in [0.25, 0.3) is 0 Å². The zero-order valence-electron chi connectivity index (χ0n) is 14.1. The minimum absolute atomic E-state index is 0.134. The number of benzene rings is 1. The molecule has 0 aromatic heterocycles. The molecule has 1 rings (SSSR count). The maximum absolute atomic E-state index is 11.6. The average Bonchev–Trinajstić information content (AvgIpc) is 2.59. The normalized spacial score (nSPS) is 10.0. The Balaban J connectivity index is 2.06. The third kappa shape index (κ3) is 10.2. The molecule has 0 bridgehead atoms. The molecule has 0 radical (unpaired) electrons. The van der Waals surface area contributed by atoms with Gasteiger partial charge in [0.05, 0.1) is 0 Å². The van der Waals surface area contributed by atoms with E-state index < -0.39 is 24.8 Å².